The van der Waals surface area contributed by atoms with Gasteiger partial charge in [-0.2, -0.15) is 0 Å². The fraction of sp³-hybridized carbons (Fsp3) is 0.269. The van der Waals surface area contributed by atoms with Crippen LogP contribution >= 0.6 is 15.9 Å². The molecule has 2 bridgehead atoms. The van der Waals surface area contributed by atoms with E-state index < -0.39 is 0 Å². The average molecular weight is 446 g/mol. The van der Waals surface area contributed by atoms with Crippen molar-refractivity contribution in [2.45, 2.75) is 25.7 Å². The largest absolute Gasteiger partial charge is 0.326 e. The second-order valence-electron chi connectivity index (χ2n) is 8.56. The molecular weight excluding hydrogens is 422 g/mol. The highest BCUT2D eigenvalue weighted by Gasteiger charge is 2.53. The molecule has 3 aliphatic rings. The molecule has 2 atom stereocenters. The minimum absolute atomic E-state index is 0.0798. The van der Waals surface area contributed by atoms with Gasteiger partial charge in [0.1, 0.15) is 0 Å². The lowest BCUT2D eigenvalue weighted by molar-refractivity contribution is -0.123. The van der Waals surface area contributed by atoms with Gasteiger partial charge in [-0.25, -0.2) is 0 Å². The van der Waals surface area contributed by atoms with Gasteiger partial charge < -0.3 is 5.32 Å². The molecule has 0 saturated heterocycles. The third-order valence-electron chi connectivity index (χ3n) is 6.66. The molecule has 3 aliphatic carbocycles. The summed E-state index contributed by atoms with van der Waals surface area (Å²) in [6.45, 7) is 4.52. The molecule has 2 nitrogen and oxygen atoms in total. The van der Waals surface area contributed by atoms with Crippen molar-refractivity contribution in [2.75, 3.05) is 5.32 Å². The van der Waals surface area contributed by atoms with E-state index in [9.17, 15) is 4.79 Å². The molecule has 0 aromatic heterocycles. The quantitative estimate of drug-likeness (QED) is 0.485. The van der Waals surface area contributed by atoms with Crippen LogP contribution in [0.3, 0.4) is 0 Å². The monoisotopic (exact) mass is 445 g/mol. The Bertz CT molecular complexity index is 1040. The third-order valence-corrected chi connectivity index (χ3v) is 7.15. The molecule has 0 aliphatic heterocycles. The lowest BCUT2D eigenvalue weighted by atomic mass is 9.52. The summed E-state index contributed by atoms with van der Waals surface area (Å²) >= 11 is 3.51. The summed E-state index contributed by atoms with van der Waals surface area (Å²) in [5, 5.41) is 3.21. The lowest BCUT2D eigenvalue weighted by Crippen LogP contribution is -2.47. The predicted molar refractivity (Wildman–Crippen MR) is 121 cm³/mol. The number of anilines is 1. The zero-order valence-electron chi connectivity index (χ0n) is 16.6. The Morgan fingerprint density at radius 1 is 0.828 bits per heavy atom. The van der Waals surface area contributed by atoms with Gasteiger partial charge in [-0.05, 0) is 52.3 Å². The van der Waals surface area contributed by atoms with Crippen LogP contribution in [0.4, 0.5) is 5.69 Å². The number of rotatable bonds is 3. The molecule has 3 aromatic rings. The summed E-state index contributed by atoms with van der Waals surface area (Å²) in [5.41, 5.74) is 6.29. The molecule has 0 fully saturated rings. The molecular formula is C26H24BrNO. The van der Waals surface area contributed by atoms with Crippen molar-refractivity contribution >= 4 is 27.5 Å². The smallest absolute Gasteiger partial charge is 0.228 e. The number of carbonyl (C=O) groups is 1. The van der Waals surface area contributed by atoms with E-state index in [2.05, 4.69) is 83.6 Å². The summed E-state index contributed by atoms with van der Waals surface area (Å²) < 4.78 is 0.969. The van der Waals surface area contributed by atoms with Crippen LogP contribution in [0.15, 0.2) is 77.3 Å². The topological polar surface area (TPSA) is 29.1 Å². The van der Waals surface area contributed by atoms with Crippen molar-refractivity contribution in [3.63, 3.8) is 0 Å². The number of hydrogen-bond acceptors (Lipinski definition) is 1. The molecule has 0 heterocycles. The van der Waals surface area contributed by atoms with Crippen molar-refractivity contribution in [2.24, 2.45) is 17.8 Å². The highest BCUT2D eigenvalue weighted by atomic mass is 79.9. The number of halogens is 1. The number of fused-ring (bicyclic) bond motifs is 1. The molecule has 1 N–H and O–H groups in total. The van der Waals surface area contributed by atoms with Crippen molar-refractivity contribution in [1.82, 2.24) is 0 Å². The Morgan fingerprint density at radius 2 is 1.38 bits per heavy atom. The summed E-state index contributed by atoms with van der Waals surface area (Å²) in [6, 6.07) is 25.3. The van der Waals surface area contributed by atoms with Gasteiger partial charge in [-0.3, -0.25) is 4.79 Å². The number of benzene rings is 3. The maximum atomic E-state index is 13.7. The minimum atomic E-state index is -0.0798. The van der Waals surface area contributed by atoms with E-state index in [0.717, 1.165) is 10.2 Å². The molecule has 0 saturated carbocycles. The maximum absolute atomic E-state index is 13.7. The summed E-state index contributed by atoms with van der Waals surface area (Å²) in [4.78, 5) is 13.7. The van der Waals surface area contributed by atoms with E-state index in [0.29, 0.717) is 5.92 Å². The van der Waals surface area contributed by atoms with Crippen molar-refractivity contribution < 1.29 is 4.79 Å². The summed E-state index contributed by atoms with van der Waals surface area (Å²) in [7, 11) is 0. The van der Waals surface area contributed by atoms with Crippen molar-refractivity contribution in [1.29, 1.82) is 0 Å². The molecule has 3 heteroatoms. The van der Waals surface area contributed by atoms with E-state index in [4.69, 9.17) is 0 Å². The molecule has 0 spiro atoms. The van der Waals surface area contributed by atoms with Crippen molar-refractivity contribution in [3.8, 4) is 0 Å². The molecule has 0 radical (unpaired) electrons. The van der Waals surface area contributed by atoms with E-state index in [1.54, 1.807) is 0 Å². The lowest BCUT2D eigenvalue weighted by Gasteiger charge is -2.51. The first kappa shape index (κ1) is 18.6. The fourth-order valence-corrected chi connectivity index (χ4v) is 6.04. The first-order valence-corrected chi connectivity index (χ1v) is 11.1. The van der Waals surface area contributed by atoms with Gasteiger partial charge in [0, 0.05) is 22.0 Å². The van der Waals surface area contributed by atoms with Gasteiger partial charge in [0.25, 0.3) is 0 Å². The van der Waals surface area contributed by atoms with Crippen molar-refractivity contribution in [3.05, 3.63) is 99.5 Å². The van der Waals surface area contributed by atoms with Gasteiger partial charge in [0.2, 0.25) is 5.91 Å². The zero-order chi connectivity index (χ0) is 20.1. The molecule has 146 valence electrons. The van der Waals surface area contributed by atoms with Crippen LogP contribution in [-0.2, 0) is 4.79 Å². The van der Waals surface area contributed by atoms with Gasteiger partial charge in [0.15, 0.2) is 0 Å². The van der Waals surface area contributed by atoms with Crippen LogP contribution in [0.25, 0.3) is 0 Å². The highest BCUT2D eigenvalue weighted by Crippen LogP contribution is 2.60. The molecule has 3 aromatic carbocycles. The molecule has 29 heavy (non-hydrogen) atoms. The first-order chi connectivity index (χ1) is 14.1. The Kier molecular flexibility index (Phi) is 4.59. The number of carbonyl (C=O) groups excluding carboxylic acids is 1. The fourth-order valence-electron chi connectivity index (χ4n) is 5.64. The van der Waals surface area contributed by atoms with Crippen LogP contribution in [0, 0.1) is 17.8 Å². The third kappa shape index (κ3) is 2.95. The maximum Gasteiger partial charge on any atom is 0.228 e. The Balaban J connectivity index is 1.64. The SMILES string of the molecule is CC(C)C1C2c3ccccc3C(c3ccccc32)C1C(=O)Nc1cccc(Br)c1. The van der Waals surface area contributed by atoms with E-state index in [1.165, 1.54) is 22.3 Å². The van der Waals surface area contributed by atoms with E-state index in [-0.39, 0.29) is 29.6 Å². The summed E-state index contributed by atoms with van der Waals surface area (Å²) in [5.74, 6) is 1.10. The first-order valence-electron chi connectivity index (χ1n) is 10.3. The van der Waals surface area contributed by atoms with E-state index in [1.807, 2.05) is 24.3 Å². The van der Waals surface area contributed by atoms with Crippen LogP contribution < -0.4 is 5.32 Å². The van der Waals surface area contributed by atoms with E-state index >= 15 is 0 Å². The number of nitrogens with one attached hydrogen (secondary N) is 1. The summed E-state index contributed by atoms with van der Waals surface area (Å²) in [6.07, 6.45) is 0. The van der Waals surface area contributed by atoms with Gasteiger partial charge in [0.05, 0.1) is 5.92 Å². The second-order valence-corrected chi connectivity index (χ2v) is 9.48. The molecule has 2 unspecified atom stereocenters. The average Bonchev–Trinajstić information content (AvgIpc) is 2.73. The highest BCUT2D eigenvalue weighted by molar-refractivity contribution is 9.10. The van der Waals surface area contributed by atoms with Crippen LogP contribution in [0.5, 0.6) is 0 Å². The standard InChI is InChI=1S/C26H24BrNO/c1-15(2)22-23-18-10-3-5-12-20(18)24(21-13-6-4-11-19(21)23)25(22)26(29)28-17-9-7-8-16(27)14-17/h3-15,22-25H,1-2H3,(H,28,29). The Morgan fingerprint density at radius 3 is 1.90 bits per heavy atom. The molecule has 6 rings (SSSR count). The number of amides is 1. The van der Waals surface area contributed by atoms with Crippen LogP contribution in [-0.4, -0.2) is 5.91 Å². The predicted octanol–water partition coefficient (Wildman–Crippen LogP) is 6.57. The zero-order valence-corrected chi connectivity index (χ0v) is 18.2. The Hall–Kier alpha value is -2.39. The van der Waals surface area contributed by atoms with Gasteiger partial charge >= 0.3 is 0 Å². The Labute approximate surface area is 180 Å². The van der Waals surface area contributed by atoms with Crippen LogP contribution in [0.1, 0.15) is 47.9 Å². The second kappa shape index (κ2) is 7.14. The number of hydrogen-bond donors (Lipinski definition) is 1. The molecule has 1 amide bonds. The van der Waals surface area contributed by atoms with Gasteiger partial charge in [-0.15, -0.1) is 0 Å². The van der Waals surface area contributed by atoms with Gasteiger partial charge in [-0.1, -0.05) is 84.4 Å². The minimum Gasteiger partial charge on any atom is -0.326 e. The normalized spacial score (nSPS) is 24.1. The van der Waals surface area contributed by atoms with Crippen LogP contribution in [0.2, 0.25) is 0 Å².